The van der Waals surface area contributed by atoms with E-state index in [0.29, 0.717) is 43.0 Å². The van der Waals surface area contributed by atoms with Gasteiger partial charge in [0.2, 0.25) is 0 Å². The third-order valence-electron chi connectivity index (χ3n) is 9.04. The van der Waals surface area contributed by atoms with Crippen LogP contribution in [0.1, 0.15) is 91.7 Å². The molecule has 0 bridgehead atoms. The van der Waals surface area contributed by atoms with Gasteiger partial charge >= 0.3 is 5.97 Å². The normalized spacial score (nSPS) is 18.5. The molecule has 1 saturated heterocycles. The molecule has 1 aliphatic carbocycles. The number of hydrogen-bond acceptors (Lipinski definition) is 6. The molecule has 43 heavy (non-hydrogen) atoms. The zero-order valence-electron chi connectivity index (χ0n) is 25.5. The first-order valence-corrected chi connectivity index (χ1v) is 15.4. The van der Waals surface area contributed by atoms with E-state index in [1.54, 1.807) is 16.5 Å². The number of likely N-dealkylation sites (tertiary alicyclic amines) is 1. The zero-order chi connectivity index (χ0) is 30.7. The van der Waals surface area contributed by atoms with Crippen molar-refractivity contribution in [3.63, 3.8) is 0 Å². The molecular formula is C34H42N4O5. The van der Waals surface area contributed by atoms with E-state index >= 15 is 0 Å². The Kier molecular flexibility index (Phi) is 9.30. The van der Waals surface area contributed by atoms with Gasteiger partial charge in [0.05, 0.1) is 17.6 Å². The Hall–Kier alpha value is -3.98. The lowest BCUT2D eigenvalue weighted by Crippen LogP contribution is -2.42. The van der Waals surface area contributed by atoms with E-state index in [0.717, 1.165) is 50.0 Å². The summed E-state index contributed by atoms with van der Waals surface area (Å²) in [5, 5.41) is 23.4. The third kappa shape index (κ3) is 6.51. The van der Waals surface area contributed by atoms with E-state index in [1.807, 2.05) is 18.2 Å². The predicted molar refractivity (Wildman–Crippen MR) is 165 cm³/mol. The first-order valence-electron chi connectivity index (χ1n) is 15.4. The number of carboxylic acids is 1. The first-order chi connectivity index (χ1) is 20.7. The van der Waals surface area contributed by atoms with Gasteiger partial charge in [-0.25, -0.2) is 14.5 Å². The van der Waals surface area contributed by atoms with Crippen LogP contribution in [0.2, 0.25) is 0 Å². The Bertz CT molecular complexity index is 1520. The first kappa shape index (κ1) is 30.5. The summed E-state index contributed by atoms with van der Waals surface area (Å²) in [7, 11) is 0. The summed E-state index contributed by atoms with van der Waals surface area (Å²) in [5.41, 5.74) is 6.62. The second-order valence-corrected chi connectivity index (χ2v) is 11.8. The van der Waals surface area contributed by atoms with Crippen molar-refractivity contribution in [3.8, 4) is 11.6 Å². The molecule has 0 radical (unpaired) electrons. The molecule has 3 heterocycles. The van der Waals surface area contributed by atoms with Crippen molar-refractivity contribution in [1.29, 1.82) is 0 Å². The van der Waals surface area contributed by atoms with Crippen LogP contribution in [0.25, 0.3) is 11.4 Å². The highest BCUT2D eigenvalue weighted by Crippen LogP contribution is 2.37. The number of hydrogen-bond donors (Lipinski definition) is 2. The maximum Gasteiger partial charge on any atom is 0.339 e. The quantitative estimate of drug-likeness (QED) is 0.336. The summed E-state index contributed by atoms with van der Waals surface area (Å²) >= 11 is 0. The van der Waals surface area contributed by atoms with Crippen LogP contribution in [0.5, 0.6) is 5.75 Å². The number of aryl methyl sites for hydroxylation is 1. The fourth-order valence-electron chi connectivity index (χ4n) is 6.51. The van der Waals surface area contributed by atoms with Gasteiger partial charge < -0.3 is 19.8 Å². The third-order valence-corrected chi connectivity index (χ3v) is 9.04. The fraction of sp³-hybridized carbons (Fsp3) is 0.471. The van der Waals surface area contributed by atoms with E-state index in [9.17, 15) is 19.8 Å². The predicted octanol–water partition coefficient (Wildman–Crippen LogP) is 5.58. The summed E-state index contributed by atoms with van der Waals surface area (Å²) in [5.74, 6) is 1.00. The van der Waals surface area contributed by atoms with Gasteiger partial charge in [-0.2, -0.15) is 5.10 Å². The Labute approximate surface area is 253 Å². The lowest BCUT2D eigenvalue weighted by atomic mass is 9.82. The average molecular weight is 587 g/mol. The maximum absolute atomic E-state index is 12.2. The molecule has 228 valence electrons. The second kappa shape index (κ2) is 13.1. The molecule has 0 saturated carbocycles. The monoisotopic (exact) mass is 586 g/mol. The number of allylic oxidation sites excluding steroid dienone is 1. The minimum atomic E-state index is -1.00. The number of aromatic nitrogens is 3. The number of amides is 1. The Balaban J connectivity index is 1.34. The van der Waals surface area contributed by atoms with Gasteiger partial charge in [-0.15, -0.1) is 0 Å². The number of carboxylic acid groups (broad SMARTS) is 1. The summed E-state index contributed by atoms with van der Waals surface area (Å²) in [6.07, 6.45) is 6.18. The number of benzene rings is 1. The SMILES string of the molecule is CCc1cc(OCC2=C(c3cccc(-n4ncc(C(=O)O)c4C)n3)CCCC2C)ccc1C1CCN(C(=O)[C@H](C)O)CC1. The minimum absolute atomic E-state index is 0.168. The highest BCUT2D eigenvalue weighted by molar-refractivity contribution is 5.88. The molecule has 2 aliphatic rings. The summed E-state index contributed by atoms with van der Waals surface area (Å²) < 4.78 is 8.02. The molecule has 1 amide bonds. The van der Waals surface area contributed by atoms with Crippen molar-refractivity contribution in [1.82, 2.24) is 19.7 Å². The van der Waals surface area contributed by atoms with Crippen LogP contribution in [-0.4, -0.2) is 67.6 Å². The standard InChI is InChI=1S/C34H42N4O5/c1-5-24-18-26(12-13-27(24)25-14-16-37(17-15-25)33(40)23(4)39)43-20-30-21(2)8-6-9-28(30)31-10-7-11-32(36-31)38-22(3)29(19-35-38)34(41)42/h7,10-13,18-19,21,23,25,39H,5-6,8-9,14-17,20H2,1-4H3,(H,41,42)/t21?,23-/m0/s1. The van der Waals surface area contributed by atoms with Crippen LogP contribution in [0.15, 0.2) is 48.2 Å². The van der Waals surface area contributed by atoms with Crippen molar-refractivity contribution < 1.29 is 24.5 Å². The molecule has 1 aliphatic heterocycles. The van der Waals surface area contributed by atoms with E-state index < -0.39 is 12.1 Å². The number of rotatable bonds is 9. The molecule has 9 nitrogen and oxygen atoms in total. The molecular weight excluding hydrogens is 544 g/mol. The molecule has 2 N–H and O–H groups in total. The molecule has 2 atom stereocenters. The highest BCUT2D eigenvalue weighted by atomic mass is 16.5. The van der Waals surface area contributed by atoms with Crippen molar-refractivity contribution in [2.45, 2.75) is 78.2 Å². The van der Waals surface area contributed by atoms with Crippen molar-refractivity contribution in [2.24, 2.45) is 5.92 Å². The van der Waals surface area contributed by atoms with Gasteiger partial charge in [-0.1, -0.05) is 26.0 Å². The topological polar surface area (TPSA) is 118 Å². The van der Waals surface area contributed by atoms with E-state index in [-0.39, 0.29) is 11.5 Å². The van der Waals surface area contributed by atoms with Crippen LogP contribution in [-0.2, 0) is 11.2 Å². The minimum Gasteiger partial charge on any atom is -0.489 e. The van der Waals surface area contributed by atoms with Crippen LogP contribution in [0.3, 0.4) is 0 Å². The molecule has 2 aromatic heterocycles. The number of aromatic carboxylic acids is 1. The van der Waals surface area contributed by atoms with E-state index in [2.05, 4.69) is 37.1 Å². The second-order valence-electron chi connectivity index (χ2n) is 11.8. The van der Waals surface area contributed by atoms with Crippen LogP contribution < -0.4 is 4.74 Å². The van der Waals surface area contributed by atoms with Crippen molar-refractivity contribution in [2.75, 3.05) is 19.7 Å². The molecule has 5 rings (SSSR count). The van der Waals surface area contributed by atoms with Crippen molar-refractivity contribution in [3.05, 3.63) is 76.2 Å². The van der Waals surface area contributed by atoms with Crippen molar-refractivity contribution >= 4 is 17.4 Å². The van der Waals surface area contributed by atoms with Gasteiger partial charge in [-0.05, 0) is 111 Å². The zero-order valence-corrected chi connectivity index (χ0v) is 25.5. The summed E-state index contributed by atoms with van der Waals surface area (Å²) in [6.45, 7) is 9.49. The molecule has 0 spiro atoms. The molecule has 3 aromatic rings. The van der Waals surface area contributed by atoms with Crippen LogP contribution in [0, 0.1) is 12.8 Å². The van der Waals surface area contributed by atoms with Gasteiger partial charge in [0.25, 0.3) is 5.91 Å². The van der Waals surface area contributed by atoms with E-state index in [1.165, 1.54) is 35.4 Å². The van der Waals surface area contributed by atoms with Gasteiger partial charge in [0.15, 0.2) is 5.82 Å². The smallest absolute Gasteiger partial charge is 0.339 e. The maximum atomic E-state index is 12.2. The number of aliphatic hydroxyl groups excluding tert-OH is 1. The lowest BCUT2D eigenvalue weighted by molar-refractivity contribution is -0.140. The number of ether oxygens (including phenoxy) is 1. The van der Waals surface area contributed by atoms with Crippen LogP contribution in [0.4, 0.5) is 0 Å². The average Bonchev–Trinajstić information content (AvgIpc) is 3.41. The Morgan fingerprint density at radius 2 is 1.91 bits per heavy atom. The summed E-state index contributed by atoms with van der Waals surface area (Å²) in [6, 6.07) is 12.2. The lowest BCUT2D eigenvalue weighted by Gasteiger charge is -2.33. The van der Waals surface area contributed by atoms with E-state index in [4.69, 9.17) is 9.72 Å². The number of carbonyl (C=O) groups excluding carboxylic acids is 1. The van der Waals surface area contributed by atoms with Gasteiger partial charge in [0, 0.05) is 13.1 Å². The number of carbonyl (C=O) groups is 2. The largest absolute Gasteiger partial charge is 0.489 e. The molecule has 1 aromatic carbocycles. The van der Waals surface area contributed by atoms with Crippen LogP contribution >= 0.6 is 0 Å². The van der Waals surface area contributed by atoms with Gasteiger partial charge in [-0.3, -0.25) is 4.79 Å². The fourth-order valence-corrected chi connectivity index (χ4v) is 6.51. The number of piperidine rings is 1. The Morgan fingerprint density at radius 1 is 1.14 bits per heavy atom. The molecule has 9 heteroatoms. The Morgan fingerprint density at radius 3 is 2.58 bits per heavy atom. The number of aliphatic hydroxyl groups is 1. The number of pyridine rings is 1. The summed E-state index contributed by atoms with van der Waals surface area (Å²) in [4.78, 5) is 30.4. The number of nitrogens with zero attached hydrogens (tertiary/aromatic N) is 4. The molecule has 1 fully saturated rings. The highest BCUT2D eigenvalue weighted by Gasteiger charge is 2.27. The molecule has 1 unspecified atom stereocenters. The van der Waals surface area contributed by atoms with Gasteiger partial charge in [0.1, 0.15) is 24.0 Å².